The summed E-state index contributed by atoms with van der Waals surface area (Å²) >= 11 is 2.96. The van der Waals surface area contributed by atoms with Gasteiger partial charge in [0.25, 0.3) is 0 Å². The van der Waals surface area contributed by atoms with Crippen LogP contribution in [0.15, 0.2) is 18.2 Å². The fourth-order valence-electron chi connectivity index (χ4n) is 6.81. The summed E-state index contributed by atoms with van der Waals surface area (Å²) in [4.78, 5) is 10.8. The Morgan fingerprint density at radius 1 is 1.22 bits per heavy atom. The summed E-state index contributed by atoms with van der Waals surface area (Å²) in [5, 5.41) is 12.9. The molecule has 4 aromatic rings. The number of piperazine rings is 1. The maximum Gasteiger partial charge on any atom is 0.417 e. The predicted octanol–water partition coefficient (Wildman–Crippen LogP) is 6.79. The van der Waals surface area contributed by atoms with Crippen molar-refractivity contribution in [3.8, 4) is 23.2 Å². The van der Waals surface area contributed by atoms with Crippen LogP contribution in [-0.4, -0.2) is 56.9 Å². The van der Waals surface area contributed by atoms with Crippen molar-refractivity contribution in [3.63, 3.8) is 0 Å². The standard InChI is InChI=1S/C30H27F5IN7OS/c1-29(7-2-8-43(29)36)13-44-28-40-24-17(27(41-28)42-11-14-3-4-15(12-42)39-14)9-19(30(33,34)35)22(23(24)32)16-5-6-20(31)25-21(16)18(10-37)26(38)45-25/h5-6,9,14-15,39H,2-4,7-8,11-13,38H2,1H3/t14?,15?,29-/m0/s1. The van der Waals surface area contributed by atoms with E-state index in [4.69, 9.17) is 10.5 Å². The van der Waals surface area contributed by atoms with E-state index in [2.05, 4.69) is 41.3 Å². The van der Waals surface area contributed by atoms with Gasteiger partial charge in [-0.1, -0.05) is 6.07 Å². The molecule has 7 rings (SSSR count). The molecule has 3 saturated heterocycles. The second kappa shape index (κ2) is 11.0. The molecule has 0 amide bonds. The Morgan fingerprint density at radius 2 is 1.96 bits per heavy atom. The number of thiophene rings is 1. The smallest absolute Gasteiger partial charge is 0.417 e. The van der Waals surface area contributed by atoms with Crippen molar-refractivity contribution in [1.82, 2.24) is 18.4 Å². The Bertz CT molecular complexity index is 1880. The van der Waals surface area contributed by atoms with E-state index in [0.717, 1.165) is 61.8 Å². The van der Waals surface area contributed by atoms with Gasteiger partial charge in [0.05, 0.1) is 21.4 Å². The van der Waals surface area contributed by atoms with Crippen molar-refractivity contribution >= 4 is 66.0 Å². The molecule has 3 atom stereocenters. The molecule has 0 spiro atoms. The molecule has 3 fully saturated rings. The summed E-state index contributed by atoms with van der Waals surface area (Å²) < 4.78 is 84.4. The van der Waals surface area contributed by atoms with Crippen molar-refractivity contribution in [2.45, 2.75) is 56.4 Å². The third kappa shape index (κ3) is 5.13. The van der Waals surface area contributed by atoms with Crippen molar-refractivity contribution in [2.24, 2.45) is 0 Å². The van der Waals surface area contributed by atoms with Crippen molar-refractivity contribution in [1.29, 1.82) is 5.26 Å². The van der Waals surface area contributed by atoms with E-state index in [1.165, 1.54) is 0 Å². The van der Waals surface area contributed by atoms with Crippen LogP contribution in [0.1, 0.15) is 43.7 Å². The van der Waals surface area contributed by atoms with Gasteiger partial charge >= 0.3 is 12.2 Å². The molecule has 2 aromatic carbocycles. The topological polar surface area (TPSA) is 103 Å². The molecule has 45 heavy (non-hydrogen) atoms. The average Bonchev–Trinajstić information content (AvgIpc) is 3.64. The number of nitrogens with zero attached hydrogens (tertiary/aromatic N) is 5. The van der Waals surface area contributed by atoms with Crippen LogP contribution < -0.4 is 20.7 Å². The zero-order chi connectivity index (χ0) is 31.8. The number of nitrogen functional groups attached to an aromatic ring is 1. The number of benzene rings is 2. The number of fused-ring (bicyclic) bond motifs is 4. The van der Waals surface area contributed by atoms with E-state index < -0.39 is 28.9 Å². The highest BCUT2D eigenvalue weighted by atomic mass is 127. The number of nitrogens with one attached hydrogen (secondary N) is 1. The molecule has 2 aromatic heterocycles. The summed E-state index contributed by atoms with van der Waals surface area (Å²) in [6.07, 6.45) is -1.37. The van der Waals surface area contributed by atoms with Gasteiger partial charge in [-0.25, -0.2) is 11.9 Å². The van der Waals surface area contributed by atoms with Gasteiger partial charge < -0.3 is 20.7 Å². The van der Waals surface area contributed by atoms with Gasteiger partial charge in [0.2, 0.25) is 0 Å². The first-order valence-electron chi connectivity index (χ1n) is 14.5. The molecule has 2 unspecified atom stereocenters. The largest absolute Gasteiger partial charge is 0.461 e. The molecule has 0 aliphatic carbocycles. The average molecular weight is 756 g/mol. The molecule has 3 aliphatic rings. The summed E-state index contributed by atoms with van der Waals surface area (Å²) in [6.45, 7) is 4.06. The molecule has 0 radical (unpaired) electrons. The fraction of sp³-hybridized carbons (Fsp3) is 0.433. The summed E-state index contributed by atoms with van der Waals surface area (Å²) in [5.74, 6) is -1.88. The summed E-state index contributed by atoms with van der Waals surface area (Å²) in [5.41, 5.74) is 2.62. The number of halogens is 6. The molecule has 2 bridgehead atoms. The SMILES string of the molecule is C[C@@]1(COc2nc(N3CC4CCC(C3)N4)c3cc(C(F)(F)F)c(-c4ccc(F)c5sc(N)c(C#N)c45)c(F)c3n2)CCCN1I. The first kappa shape index (κ1) is 30.6. The van der Waals surface area contributed by atoms with Crippen molar-refractivity contribution in [2.75, 3.05) is 36.9 Å². The minimum Gasteiger partial charge on any atom is -0.461 e. The Labute approximate surface area is 272 Å². The molecule has 236 valence electrons. The van der Waals surface area contributed by atoms with Gasteiger partial charge in [0.1, 0.15) is 34.8 Å². The van der Waals surface area contributed by atoms with Crippen LogP contribution in [0.2, 0.25) is 0 Å². The first-order chi connectivity index (χ1) is 21.4. The van der Waals surface area contributed by atoms with E-state index in [1.807, 2.05) is 17.9 Å². The van der Waals surface area contributed by atoms with Crippen molar-refractivity contribution < 1.29 is 26.7 Å². The third-order valence-corrected chi connectivity index (χ3v) is 11.8. The Balaban J connectivity index is 1.48. The fourth-order valence-corrected chi connectivity index (χ4v) is 8.49. The Kier molecular flexibility index (Phi) is 7.49. The number of anilines is 2. The van der Waals surface area contributed by atoms with Gasteiger partial charge in [-0.05, 0) is 50.3 Å². The molecule has 5 heterocycles. The molecule has 15 heteroatoms. The normalized spacial score (nSPS) is 23.7. The molecule has 8 nitrogen and oxygen atoms in total. The molecule has 3 N–H and O–H groups in total. The number of rotatable bonds is 5. The monoisotopic (exact) mass is 755 g/mol. The van der Waals surface area contributed by atoms with Gasteiger partial charge in [0, 0.05) is 70.9 Å². The summed E-state index contributed by atoms with van der Waals surface area (Å²) in [7, 11) is 0. The van der Waals surface area contributed by atoms with Crippen LogP contribution in [0.3, 0.4) is 0 Å². The van der Waals surface area contributed by atoms with E-state index >= 15 is 4.39 Å². The van der Waals surface area contributed by atoms with Gasteiger partial charge in [-0.15, -0.1) is 11.3 Å². The number of nitriles is 1. The van der Waals surface area contributed by atoms with Crippen LogP contribution in [0, 0.1) is 23.0 Å². The first-order valence-corrected chi connectivity index (χ1v) is 16.3. The minimum absolute atomic E-state index is 0.0769. The Hall–Kier alpha value is -3.07. The van der Waals surface area contributed by atoms with Gasteiger partial charge in [0.15, 0.2) is 5.82 Å². The van der Waals surface area contributed by atoms with Crippen molar-refractivity contribution in [3.05, 3.63) is 41.0 Å². The van der Waals surface area contributed by atoms with Crippen LogP contribution in [0.4, 0.5) is 32.8 Å². The second-order valence-corrected chi connectivity index (χ2v) is 14.3. The lowest BCUT2D eigenvalue weighted by atomic mass is 9.92. The van der Waals surface area contributed by atoms with E-state index in [-0.39, 0.29) is 73.2 Å². The Morgan fingerprint density at radius 3 is 2.60 bits per heavy atom. The molecule has 3 aliphatic heterocycles. The van der Waals surface area contributed by atoms with Crippen LogP contribution in [0.25, 0.3) is 32.1 Å². The summed E-state index contributed by atoms with van der Waals surface area (Å²) in [6, 6.07) is 4.80. The third-order valence-electron chi connectivity index (χ3n) is 9.08. The second-order valence-electron chi connectivity index (χ2n) is 12.1. The molecular formula is C30H27F5IN7OS. The highest BCUT2D eigenvalue weighted by molar-refractivity contribution is 14.1. The highest BCUT2D eigenvalue weighted by Crippen LogP contribution is 2.48. The van der Waals surface area contributed by atoms with Crippen LogP contribution in [0.5, 0.6) is 6.01 Å². The van der Waals surface area contributed by atoms with Gasteiger partial charge in [-0.3, -0.25) is 0 Å². The minimum atomic E-state index is -5.02. The number of hydrogen-bond acceptors (Lipinski definition) is 9. The number of alkyl halides is 3. The van der Waals surface area contributed by atoms with E-state index in [0.29, 0.717) is 13.1 Å². The maximum absolute atomic E-state index is 16.9. The van der Waals surface area contributed by atoms with Crippen LogP contribution >= 0.6 is 34.2 Å². The van der Waals surface area contributed by atoms with Crippen LogP contribution in [-0.2, 0) is 6.18 Å². The quantitative estimate of drug-likeness (QED) is 0.131. The lowest BCUT2D eigenvalue weighted by molar-refractivity contribution is -0.137. The number of aromatic nitrogens is 2. The number of ether oxygens (including phenoxy) is 1. The predicted molar refractivity (Wildman–Crippen MR) is 170 cm³/mol. The zero-order valence-corrected chi connectivity index (χ0v) is 26.9. The van der Waals surface area contributed by atoms with Gasteiger partial charge in [-0.2, -0.15) is 28.4 Å². The maximum atomic E-state index is 16.9. The molecule has 0 saturated carbocycles. The lowest BCUT2D eigenvalue weighted by Crippen LogP contribution is -2.51. The number of nitrogens with two attached hydrogens (primary N) is 1. The van der Waals surface area contributed by atoms with E-state index in [9.17, 15) is 22.8 Å². The highest BCUT2D eigenvalue weighted by Gasteiger charge is 2.40. The zero-order valence-electron chi connectivity index (χ0n) is 23.9. The molecular weight excluding hydrogens is 728 g/mol. The number of hydrogen-bond donors (Lipinski definition) is 2. The van der Waals surface area contributed by atoms with E-state index in [1.54, 1.807) is 0 Å². The lowest BCUT2D eigenvalue weighted by Gasteiger charge is -2.34.